The molecule has 6 heteroatoms. The van der Waals surface area contributed by atoms with Crippen molar-refractivity contribution in [2.24, 2.45) is 0 Å². The van der Waals surface area contributed by atoms with Crippen LogP contribution in [0.2, 0.25) is 0 Å². The zero-order valence-corrected chi connectivity index (χ0v) is 35.0. The zero-order chi connectivity index (χ0) is 42.8. The summed E-state index contributed by atoms with van der Waals surface area (Å²) in [5, 5.41) is 11.8. The summed E-state index contributed by atoms with van der Waals surface area (Å²) in [6, 6.07) is 57.2. The molecule has 0 unspecified atom stereocenters. The molecule has 0 bridgehead atoms. The van der Waals surface area contributed by atoms with E-state index in [1.54, 1.807) is 0 Å². The predicted octanol–water partition coefficient (Wildman–Crippen LogP) is 17.8. The molecule has 0 fully saturated rings. The van der Waals surface area contributed by atoms with E-state index in [4.69, 9.17) is 26.5 Å². The van der Waals surface area contributed by atoms with Gasteiger partial charge in [-0.25, -0.2) is 0 Å². The Bertz CT molecular complexity index is 4650. The van der Waals surface area contributed by atoms with Crippen LogP contribution in [0.25, 0.3) is 155 Å². The summed E-state index contributed by atoms with van der Waals surface area (Å²) in [7, 11) is 0. The highest BCUT2D eigenvalue weighted by atomic mass is 16.4. The fourth-order valence-electron chi connectivity index (χ4n) is 10.9. The Morgan fingerprint density at radius 3 is 1.05 bits per heavy atom. The minimum Gasteiger partial charge on any atom is -0.460 e. The molecule has 0 saturated heterocycles. The maximum atomic E-state index is 6.59. The van der Waals surface area contributed by atoms with Crippen LogP contribution in [-0.4, -0.2) is 0 Å². The average Bonchev–Trinajstić information content (AvgIpc) is 4.22. The van der Waals surface area contributed by atoms with E-state index in [0.717, 1.165) is 167 Å². The molecule has 308 valence electrons. The number of aryl methyl sites for hydroxylation is 1. The van der Waals surface area contributed by atoms with Gasteiger partial charge in [0.15, 0.2) is 0 Å². The van der Waals surface area contributed by atoms with E-state index in [2.05, 4.69) is 146 Å². The van der Waals surface area contributed by atoms with E-state index in [9.17, 15) is 0 Å². The lowest BCUT2D eigenvalue weighted by Gasteiger charge is -2.13. The molecule has 15 aromatic rings. The number of hydrogen-bond donors (Lipinski definition) is 0. The molecule has 6 heterocycles. The molecule has 0 saturated carbocycles. The summed E-state index contributed by atoms with van der Waals surface area (Å²) >= 11 is 0. The van der Waals surface area contributed by atoms with E-state index in [0.29, 0.717) is 0 Å². The fourth-order valence-corrected chi connectivity index (χ4v) is 10.9. The number of para-hydroxylation sites is 2. The lowest BCUT2D eigenvalue weighted by Crippen LogP contribution is -1.96. The monoisotopic (exact) mass is 848 g/mol. The van der Waals surface area contributed by atoms with Crippen LogP contribution in [0.4, 0.5) is 0 Å². The normalized spacial score (nSPS) is 13.4. The van der Waals surface area contributed by atoms with Crippen LogP contribution in [0, 0.1) is 0 Å². The molecule has 0 aliphatic heterocycles. The summed E-state index contributed by atoms with van der Waals surface area (Å²) in [4.78, 5) is 0. The van der Waals surface area contributed by atoms with Gasteiger partial charge in [0.25, 0.3) is 0 Å². The first-order valence-corrected chi connectivity index (χ1v) is 22.4. The van der Waals surface area contributed by atoms with E-state index in [-0.39, 0.29) is 0 Å². The zero-order valence-electron chi connectivity index (χ0n) is 35.0. The average molecular weight is 849 g/mol. The standard InChI is InChI=1S/C60H32O6/c1-3-7-49-37(5-1)39-21-31(9-15-51(39)61-49)33-11-17-53-41(23-33)45-27-59-47(29-57(45)63-53)43-25-35(13-19-55(43)65-59)36-14-20-56-44(26-36)48-30-58-46(28-60(48)66-56)42-24-34(12-18-54(42)64-58)32-10-16-52-40(22-32)38-6-2-4-8-50(38)62-52/h1-11,13-17,19-30H,12,18H2. The molecule has 0 atom stereocenters. The Labute approximate surface area is 373 Å². The Morgan fingerprint density at radius 1 is 0.242 bits per heavy atom. The van der Waals surface area contributed by atoms with Crippen LogP contribution in [0.1, 0.15) is 23.3 Å². The van der Waals surface area contributed by atoms with Crippen molar-refractivity contribution in [3.63, 3.8) is 0 Å². The van der Waals surface area contributed by atoms with Crippen molar-refractivity contribution < 1.29 is 26.5 Å². The molecule has 1 aliphatic carbocycles. The van der Waals surface area contributed by atoms with Crippen LogP contribution >= 0.6 is 0 Å². The Kier molecular flexibility index (Phi) is 6.57. The summed E-state index contributed by atoms with van der Waals surface area (Å²) in [6.07, 6.45) is 4.04. The van der Waals surface area contributed by atoms with Gasteiger partial charge in [-0.3, -0.25) is 0 Å². The SMILES string of the molecule is C1=C(c2ccc3oc4ccccc4c3c2)CCc2oc3cc4c(cc3c21)oc1ccc(-c2ccc3oc5cc6c(cc5c3c2)oc2ccc(-c3ccc5oc7ccccc7c5c3)cc26)cc14. The lowest BCUT2D eigenvalue weighted by molar-refractivity contribution is 0.548. The molecule has 0 N–H and O–H groups in total. The second kappa shape index (κ2) is 12.5. The van der Waals surface area contributed by atoms with Gasteiger partial charge in [-0.2, -0.15) is 0 Å². The number of fused-ring (bicyclic) bond motifs is 18. The second-order valence-corrected chi connectivity index (χ2v) is 17.9. The van der Waals surface area contributed by atoms with Crippen molar-refractivity contribution in [3.05, 3.63) is 181 Å². The second-order valence-electron chi connectivity index (χ2n) is 17.9. The lowest BCUT2D eigenvalue weighted by atomic mass is 9.91. The third-order valence-electron chi connectivity index (χ3n) is 14.2. The van der Waals surface area contributed by atoms with E-state index in [1.165, 1.54) is 11.1 Å². The van der Waals surface area contributed by atoms with E-state index < -0.39 is 0 Å². The molecule has 0 amide bonds. The van der Waals surface area contributed by atoms with Crippen molar-refractivity contribution in [1.29, 1.82) is 0 Å². The van der Waals surface area contributed by atoms with E-state index in [1.807, 2.05) is 24.3 Å². The number of allylic oxidation sites excluding steroid dienone is 1. The molecule has 6 nitrogen and oxygen atoms in total. The largest absolute Gasteiger partial charge is 0.460 e. The molecule has 0 spiro atoms. The predicted molar refractivity (Wildman–Crippen MR) is 266 cm³/mol. The molecule has 16 rings (SSSR count). The minimum absolute atomic E-state index is 0.824. The molecule has 1 aliphatic rings. The number of furan rings is 6. The van der Waals surface area contributed by atoms with Crippen molar-refractivity contribution >= 4 is 132 Å². The molecular formula is C60H32O6. The van der Waals surface area contributed by atoms with Gasteiger partial charge in [0, 0.05) is 71.2 Å². The Balaban J connectivity index is 0.758. The first kappa shape index (κ1) is 34.7. The topological polar surface area (TPSA) is 78.8 Å². The molecule has 9 aromatic carbocycles. The van der Waals surface area contributed by atoms with E-state index >= 15 is 0 Å². The maximum absolute atomic E-state index is 6.59. The van der Waals surface area contributed by atoms with Crippen molar-refractivity contribution in [2.75, 3.05) is 0 Å². The number of rotatable bonds is 3. The first-order chi connectivity index (χ1) is 32.6. The number of benzene rings is 9. The van der Waals surface area contributed by atoms with Crippen LogP contribution in [0.3, 0.4) is 0 Å². The van der Waals surface area contributed by atoms with Crippen LogP contribution in [-0.2, 0) is 6.42 Å². The maximum Gasteiger partial charge on any atom is 0.136 e. The highest BCUT2D eigenvalue weighted by molar-refractivity contribution is 6.17. The minimum atomic E-state index is 0.824. The van der Waals surface area contributed by atoms with Crippen molar-refractivity contribution in [3.8, 4) is 22.3 Å². The quantitative estimate of drug-likeness (QED) is 0.176. The van der Waals surface area contributed by atoms with Crippen LogP contribution < -0.4 is 0 Å². The third-order valence-corrected chi connectivity index (χ3v) is 14.2. The number of hydrogen-bond acceptors (Lipinski definition) is 6. The molecule has 66 heavy (non-hydrogen) atoms. The molecule has 6 aromatic heterocycles. The van der Waals surface area contributed by atoms with Gasteiger partial charge >= 0.3 is 0 Å². The van der Waals surface area contributed by atoms with Crippen molar-refractivity contribution in [1.82, 2.24) is 0 Å². The molecule has 0 radical (unpaired) electrons. The highest BCUT2D eigenvalue weighted by Crippen LogP contribution is 2.44. The summed E-state index contributed by atoms with van der Waals surface area (Å²) in [5.41, 5.74) is 17.5. The van der Waals surface area contributed by atoms with Gasteiger partial charge in [-0.15, -0.1) is 0 Å². The van der Waals surface area contributed by atoms with Gasteiger partial charge < -0.3 is 26.5 Å². The van der Waals surface area contributed by atoms with Gasteiger partial charge in [0.1, 0.15) is 67.2 Å². The van der Waals surface area contributed by atoms with Crippen LogP contribution in [0.5, 0.6) is 0 Å². The fraction of sp³-hybridized carbons (Fsp3) is 0.0333. The van der Waals surface area contributed by atoms with Gasteiger partial charge in [0.2, 0.25) is 0 Å². The Hall–Kier alpha value is -8.74. The smallest absolute Gasteiger partial charge is 0.136 e. The highest BCUT2D eigenvalue weighted by Gasteiger charge is 2.23. The van der Waals surface area contributed by atoms with Crippen LogP contribution in [0.15, 0.2) is 190 Å². The molecular weight excluding hydrogens is 817 g/mol. The first-order valence-electron chi connectivity index (χ1n) is 22.4. The van der Waals surface area contributed by atoms with Gasteiger partial charge in [0.05, 0.1) is 0 Å². The Morgan fingerprint density at radius 2 is 0.576 bits per heavy atom. The third kappa shape index (κ3) is 4.84. The van der Waals surface area contributed by atoms with Gasteiger partial charge in [-0.1, -0.05) is 66.7 Å². The summed E-state index contributed by atoms with van der Waals surface area (Å²) in [6.45, 7) is 0. The van der Waals surface area contributed by atoms with Crippen molar-refractivity contribution in [2.45, 2.75) is 12.8 Å². The summed E-state index contributed by atoms with van der Waals surface area (Å²) < 4.78 is 38.4. The van der Waals surface area contributed by atoms with Gasteiger partial charge in [-0.05, 0) is 143 Å². The summed E-state index contributed by atoms with van der Waals surface area (Å²) in [5.74, 6) is 1.02.